The highest BCUT2D eigenvalue weighted by molar-refractivity contribution is 5.79. The summed E-state index contributed by atoms with van der Waals surface area (Å²) in [7, 11) is 0. The second-order valence-corrected chi connectivity index (χ2v) is 7.61. The summed E-state index contributed by atoms with van der Waals surface area (Å²) in [5.41, 5.74) is 2.11. The second kappa shape index (κ2) is 7.31. The van der Waals surface area contributed by atoms with Crippen molar-refractivity contribution in [3.8, 4) is 0 Å². The Labute approximate surface area is 154 Å². The molecule has 140 valence electrons. The van der Waals surface area contributed by atoms with Gasteiger partial charge in [0, 0.05) is 51.3 Å². The standard InChI is InChI=1S/C19H27N5O2/c1-14(25)23-10-6-16-15(12-23)11-20-19(21-16)17-5-2-3-7-24(17)13-18(26)22-8-4-9-22/h11,17H,2-10,12-13H2,1H3. The summed E-state index contributed by atoms with van der Waals surface area (Å²) in [5.74, 6) is 1.18. The normalized spacial score (nSPS) is 23.3. The van der Waals surface area contributed by atoms with E-state index in [1.54, 1.807) is 6.92 Å². The molecule has 0 aliphatic carbocycles. The van der Waals surface area contributed by atoms with Crippen molar-refractivity contribution in [2.24, 2.45) is 0 Å². The Hall–Kier alpha value is -2.02. The average molecular weight is 357 g/mol. The molecule has 2 saturated heterocycles. The minimum absolute atomic E-state index is 0.0997. The zero-order valence-corrected chi connectivity index (χ0v) is 15.5. The van der Waals surface area contributed by atoms with Gasteiger partial charge in [-0.3, -0.25) is 14.5 Å². The van der Waals surface area contributed by atoms with Gasteiger partial charge in [-0.1, -0.05) is 6.42 Å². The van der Waals surface area contributed by atoms with Crippen LogP contribution in [0, 0.1) is 0 Å². The Morgan fingerprint density at radius 1 is 1.12 bits per heavy atom. The quantitative estimate of drug-likeness (QED) is 0.811. The van der Waals surface area contributed by atoms with Crippen molar-refractivity contribution in [3.63, 3.8) is 0 Å². The van der Waals surface area contributed by atoms with E-state index in [1.165, 1.54) is 0 Å². The van der Waals surface area contributed by atoms with Crippen LogP contribution in [0.25, 0.3) is 0 Å². The molecule has 1 aromatic rings. The Balaban J connectivity index is 1.49. The van der Waals surface area contributed by atoms with Gasteiger partial charge in [-0.05, 0) is 25.8 Å². The lowest BCUT2D eigenvalue weighted by molar-refractivity contribution is -0.137. The Morgan fingerprint density at radius 2 is 1.96 bits per heavy atom. The van der Waals surface area contributed by atoms with Gasteiger partial charge in [-0.25, -0.2) is 9.97 Å². The molecule has 2 fully saturated rings. The molecule has 0 spiro atoms. The molecule has 4 rings (SSSR count). The second-order valence-electron chi connectivity index (χ2n) is 7.61. The molecule has 1 aromatic heterocycles. The molecule has 3 aliphatic heterocycles. The molecule has 26 heavy (non-hydrogen) atoms. The van der Waals surface area contributed by atoms with E-state index in [0.29, 0.717) is 13.1 Å². The van der Waals surface area contributed by atoms with Crippen LogP contribution in [0.1, 0.15) is 55.7 Å². The highest BCUT2D eigenvalue weighted by Gasteiger charge is 2.31. The number of nitrogens with zero attached hydrogens (tertiary/aromatic N) is 5. The minimum Gasteiger partial charge on any atom is -0.341 e. The first-order valence-electron chi connectivity index (χ1n) is 9.74. The topological polar surface area (TPSA) is 69.6 Å². The molecule has 0 saturated carbocycles. The van der Waals surface area contributed by atoms with Crippen molar-refractivity contribution >= 4 is 11.8 Å². The summed E-state index contributed by atoms with van der Waals surface area (Å²) in [6.45, 7) is 6.15. The predicted octanol–water partition coefficient (Wildman–Crippen LogP) is 1.14. The summed E-state index contributed by atoms with van der Waals surface area (Å²) in [5, 5.41) is 0. The SMILES string of the molecule is CC(=O)N1CCc2nc(C3CCCCN3CC(=O)N3CCC3)ncc2C1. The van der Waals surface area contributed by atoms with Crippen LogP contribution in [-0.2, 0) is 22.6 Å². The van der Waals surface area contributed by atoms with Crippen LogP contribution >= 0.6 is 0 Å². The maximum Gasteiger partial charge on any atom is 0.236 e. The molecular weight excluding hydrogens is 330 g/mol. The van der Waals surface area contributed by atoms with Gasteiger partial charge >= 0.3 is 0 Å². The van der Waals surface area contributed by atoms with E-state index in [4.69, 9.17) is 4.98 Å². The smallest absolute Gasteiger partial charge is 0.236 e. The first kappa shape index (κ1) is 17.4. The third-order valence-corrected chi connectivity index (χ3v) is 5.86. The molecule has 2 amide bonds. The van der Waals surface area contributed by atoms with Gasteiger partial charge in [-0.15, -0.1) is 0 Å². The van der Waals surface area contributed by atoms with E-state index in [9.17, 15) is 9.59 Å². The van der Waals surface area contributed by atoms with E-state index in [0.717, 1.165) is 75.4 Å². The minimum atomic E-state index is 0.0997. The van der Waals surface area contributed by atoms with E-state index in [-0.39, 0.29) is 17.9 Å². The van der Waals surface area contributed by atoms with Crippen LogP contribution in [0.5, 0.6) is 0 Å². The van der Waals surface area contributed by atoms with Crippen LogP contribution in [0.2, 0.25) is 0 Å². The van der Waals surface area contributed by atoms with Gasteiger partial charge in [-0.2, -0.15) is 0 Å². The van der Waals surface area contributed by atoms with E-state index in [1.807, 2.05) is 16.0 Å². The summed E-state index contributed by atoms with van der Waals surface area (Å²) < 4.78 is 0. The number of carbonyl (C=O) groups excluding carboxylic acids is 2. The zero-order valence-electron chi connectivity index (χ0n) is 15.5. The molecule has 0 aromatic carbocycles. The summed E-state index contributed by atoms with van der Waals surface area (Å²) in [6, 6.07) is 0.130. The molecule has 1 unspecified atom stereocenters. The number of hydrogen-bond donors (Lipinski definition) is 0. The predicted molar refractivity (Wildman–Crippen MR) is 96.2 cm³/mol. The van der Waals surface area contributed by atoms with Crippen molar-refractivity contribution in [2.45, 2.75) is 51.6 Å². The molecule has 1 atom stereocenters. The first-order valence-corrected chi connectivity index (χ1v) is 9.74. The maximum absolute atomic E-state index is 12.4. The molecule has 3 aliphatic rings. The largest absolute Gasteiger partial charge is 0.341 e. The lowest BCUT2D eigenvalue weighted by atomic mass is 10.00. The van der Waals surface area contributed by atoms with Crippen LogP contribution in [0.4, 0.5) is 0 Å². The summed E-state index contributed by atoms with van der Waals surface area (Å²) in [4.78, 5) is 39.5. The van der Waals surface area contributed by atoms with Gasteiger partial charge in [0.2, 0.25) is 11.8 Å². The van der Waals surface area contributed by atoms with Crippen molar-refractivity contribution < 1.29 is 9.59 Å². The van der Waals surface area contributed by atoms with Crippen molar-refractivity contribution in [1.82, 2.24) is 24.7 Å². The third kappa shape index (κ3) is 3.45. The van der Waals surface area contributed by atoms with Crippen LogP contribution < -0.4 is 0 Å². The monoisotopic (exact) mass is 357 g/mol. The Bertz CT molecular complexity index is 703. The summed E-state index contributed by atoms with van der Waals surface area (Å²) >= 11 is 0. The third-order valence-electron chi connectivity index (χ3n) is 5.86. The number of piperidine rings is 1. The number of aromatic nitrogens is 2. The van der Waals surface area contributed by atoms with Crippen LogP contribution in [-0.4, -0.2) is 69.2 Å². The van der Waals surface area contributed by atoms with E-state index < -0.39 is 0 Å². The highest BCUT2D eigenvalue weighted by atomic mass is 16.2. The van der Waals surface area contributed by atoms with Crippen LogP contribution in [0.15, 0.2) is 6.20 Å². The molecule has 7 heteroatoms. The van der Waals surface area contributed by atoms with E-state index >= 15 is 0 Å². The lowest BCUT2D eigenvalue weighted by Gasteiger charge is -2.38. The maximum atomic E-state index is 12.4. The number of fused-ring (bicyclic) bond motifs is 1. The molecule has 4 heterocycles. The zero-order chi connectivity index (χ0) is 18.1. The fourth-order valence-corrected chi connectivity index (χ4v) is 4.07. The lowest BCUT2D eigenvalue weighted by Crippen LogP contribution is -2.48. The molecule has 0 N–H and O–H groups in total. The molecule has 7 nitrogen and oxygen atoms in total. The Kier molecular flexibility index (Phi) is 4.89. The molecule has 0 radical (unpaired) electrons. The molecular formula is C19H27N5O2. The van der Waals surface area contributed by atoms with Crippen molar-refractivity contribution in [1.29, 1.82) is 0 Å². The Morgan fingerprint density at radius 3 is 2.69 bits per heavy atom. The van der Waals surface area contributed by atoms with Gasteiger partial charge in [0.05, 0.1) is 18.3 Å². The van der Waals surface area contributed by atoms with Gasteiger partial charge < -0.3 is 9.80 Å². The fraction of sp³-hybridized carbons (Fsp3) is 0.684. The summed E-state index contributed by atoms with van der Waals surface area (Å²) in [6.07, 6.45) is 7.08. The van der Waals surface area contributed by atoms with E-state index in [2.05, 4.69) is 9.88 Å². The van der Waals surface area contributed by atoms with Gasteiger partial charge in [0.15, 0.2) is 0 Å². The highest BCUT2D eigenvalue weighted by Crippen LogP contribution is 2.30. The van der Waals surface area contributed by atoms with Crippen molar-refractivity contribution in [2.75, 3.05) is 32.7 Å². The number of hydrogen-bond acceptors (Lipinski definition) is 5. The first-order chi connectivity index (χ1) is 12.6. The molecule has 0 bridgehead atoms. The number of amides is 2. The number of carbonyl (C=O) groups is 2. The average Bonchev–Trinajstić information content (AvgIpc) is 2.59. The fourth-order valence-electron chi connectivity index (χ4n) is 4.07. The van der Waals surface area contributed by atoms with Crippen LogP contribution in [0.3, 0.4) is 0 Å². The number of rotatable bonds is 3. The van der Waals surface area contributed by atoms with Gasteiger partial charge in [0.25, 0.3) is 0 Å². The van der Waals surface area contributed by atoms with Crippen molar-refractivity contribution in [3.05, 3.63) is 23.3 Å². The van der Waals surface area contributed by atoms with Gasteiger partial charge in [0.1, 0.15) is 5.82 Å². The number of likely N-dealkylation sites (tertiary alicyclic amines) is 2.